The molecule has 1 saturated heterocycles. The number of H-pyrrole nitrogens is 1. The Hall–Kier alpha value is -3.59. The van der Waals surface area contributed by atoms with Crippen LogP contribution < -0.4 is 11.1 Å². The number of hydrogen-bond acceptors (Lipinski definition) is 5. The van der Waals surface area contributed by atoms with Gasteiger partial charge in [-0.25, -0.2) is 0 Å². The number of amides is 1. The maximum atomic E-state index is 13.2. The summed E-state index contributed by atoms with van der Waals surface area (Å²) in [7, 11) is 0. The summed E-state index contributed by atoms with van der Waals surface area (Å²) in [6.45, 7) is 2.27. The zero-order chi connectivity index (χ0) is 23.3. The lowest BCUT2D eigenvalue weighted by Crippen LogP contribution is -2.49. The summed E-state index contributed by atoms with van der Waals surface area (Å²) in [5.41, 5.74) is 11.5. The van der Waals surface area contributed by atoms with Gasteiger partial charge in [-0.2, -0.15) is 0 Å². The number of rotatable bonds is 1. The number of carbonyl (C=O) groups is 1. The molecule has 2 aliphatic rings. The van der Waals surface area contributed by atoms with Crippen LogP contribution in [0.4, 0.5) is 0 Å². The fraction of sp³-hybridized carbons (Fsp3) is 0.269. The molecule has 4 atom stereocenters. The molecule has 5 aromatic rings. The molecule has 1 amide bonds. The molecule has 0 aliphatic carbocycles. The van der Waals surface area contributed by atoms with Crippen molar-refractivity contribution in [1.29, 1.82) is 0 Å². The van der Waals surface area contributed by atoms with Crippen molar-refractivity contribution >= 4 is 49.5 Å². The summed E-state index contributed by atoms with van der Waals surface area (Å²) in [5, 5.41) is 27.4. The largest absolute Gasteiger partial charge is 0.508 e. The zero-order valence-corrected chi connectivity index (χ0v) is 18.5. The van der Waals surface area contributed by atoms with Gasteiger partial charge in [-0.1, -0.05) is 18.2 Å². The maximum Gasteiger partial charge on any atom is 0.252 e. The van der Waals surface area contributed by atoms with Crippen molar-refractivity contribution in [2.75, 3.05) is 0 Å². The first-order valence-electron chi connectivity index (χ1n) is 11.5. The number of phenols is 1. The van der Waals surface area contributed by atoms with Crippen LogP contribution >= 0.6 is 0 Å². The number of aromatic nitrogens is 2. The lowest BCUT2D eigenvalue weighted by molar-refractivity contribution is -0.142. The Balaban J connectivity index is 1.70. The number of hydrogen-bond donors (Lipinski definition) is 5. The van der Waals surface area contributed by atoms with Gasteiger partial charge in [0.25, 0.3) is 5.91 Å². The first kappa shape index (κ1) is 19.8. The fourth-order valence-corrected chi connectivity index (χ4v) is 5.96. The molecule has 8 nitrogen and oxygen atoms in total. The molecule has 34 heavy (non-hydrogen) atoms. The number of nitrogens with zero attached hydrogens (tertiary/aromatic N) is 1. The molecular weight excluding hydrogens is 432 g/mol. The van der Waals surface area contributed by atoms with Crippen molar-refractivity contribution in [2.24, 2.45) is 5.73 Å². The van der Waals surface area contributed by atoms with Crippen molar-refractivity contribution in [3.8, 4) is 5.75 Å². The van der Waals surface area contributed by atoms with Crippen LogP contribution in [-0.4, -0.2) is 43.9 Å². The second-order valence-electron chi connectivity index (χ2n) is 9.44. The summed E-state index contributed by atoms with van der Waals surface area (Å²) < 4.78 is 8.36. The number of aromatic hydroxyl groups is 1. The normalized spacial score (nSPS) is 25.0. The van der Waals surface area contributed by atoms with E-state index in [9.17, 15) is 15.0 Å². The Morgan fingerprint density at radius 1 is 1.15 bits per heavy atom. The summed E-state index contributed by atoms with van der Waals surface area (Å²) in [5.74, 6) is 0.000122. The van der Waals surface area contributed by atoms with Gasteiger partial charge < -0.3 is 35.6 Å². The van der Waals surface area contributed by atoms with E-state index in [1.54, 1.807) is 12.1 Å². The Bertz CT molecular complexity index is 1650. The van der Waals surface area contributed by atoms with Crippen LogP contribution in [0.1, 0.15) is 35.5 Å². The quantitative estimate of drug-likeness (QED) is 0.264. The van der Waals surface area contributed by atoms with Crippen LogP contribution in [0.3, 0.4) is 0 Å². The molecule has 172 valence electrons. The van der Waals surface area contributed by atoms with Crippen LogP contribution in [0, 0.1) is 0 Å². The zero-order valence-electron chi connectivity index (χ0n) is 18.5. The monoisotopic (exact) mass is 456 g/mol. The average Bonchev–Trinajstić information content (AvgIpc) is 3.48. The first-order chi connectivity index (χ1) is 16.4. The van der Waals surface area contributed by atoms with Crippen LogP contribution in [0.5, 0.6) is 5.75 Å². The van der Waals surface area contributed by atoms with Gasteiger partial charge in [-0.05, 0) is 36.8 Å². The topological polar surface area (TPSA) is 126 Å². The van der Waals surface area contributed by atoms with E-state index in [-0.39, 0.29) is 11.7 Å². The van der Waals surface area contributed by atoms with E-state index in [0.717, 1.165) is 49.2 Å². The minimum atomic E-state index is -0.753. The first-order valence-corrected chi connectivity index (χ1v) is 11.5. The Morgan fingerprint density at radius 3 is 2.79 bits per heavy atom. The van der Waals surface area contributed by atoms with Crippen molar-refractivity contribution in [2.45, 2.75) is 44.4 Å². The summed E-state index contributed by atoms with van der Waals surface area (Å²) >= 11 is 0. The van der Waals surface area contributed by atoms with Crippen LogP contribution in [0.15, 0.2) is 42.5 Å². The minimum absolute atomic E-state index is 0.125. The Kier molecular flexibility index (Phi) is 3.92. The van der Waals surface area contributed by atoms with Crippen molar-refractivity contribution in [3.63, 3.8) is 0 Å². The molecule has 2 aliphatic heterocycles. The van der Waals surface area contributed by atoms with Crippen molar-refractivity contribution in [1.82, 2.24) is 14.9 Å². The highest BCUT2D eigenvalue weighted by molar-refractivity contribution is 6.30. The Morgan fingerprint density at radius 2 is 1.97 bits per heavy atom. The third-order valence-electron chi connectivity index (χ3n) is 7.49. The standard InChI is InChI=1S/C26H24N4O4/c1-11-25(32)16(27)9-19(34-11)30-18-7-6-12(31)8-14(18)21-22-15(10-28-26(22)33)20-13-4-2-3-5-17(13)29-23(20)24(21)30/h2-8,11,16,19,25,29,31-32H,9-10,27H2,1H3,(H,28,33). The molecule has 4 unspecified atom stereocenters. The van der Waals surface area contributed by atoms with Gasteiger partial charge in [0.05, 0.1) is 34.3 Å². The number of benzene rings is 3. The fourth-order valence-electron chi connectivity index (χ4n) is 5.96. The van der Waals surface area contributed by atoms with Gasteiger partial charge in [0.2, 0.25) is 0 Å². The number of fused-ring (bicyclic) bond motifs is 10. The van der Waals surface area contributed by atoms with Gasteiger partial charge >= 0.3 is 0 Å². The number of nitrogens with one attached hydrogen (secondary N) is 2. The SMILES string of the molecule is CC1OC(n2c3ccc(O)cc3c3c4c(c5c6ccccc6[nH]c5c32)CNC4=O)CC(N)C1O. The van der Waals surface area contributed by atoms with E-state index in [4.69, 9.17) is 10.5 Å². The number of para-hydroxylation sites is 1. The molecule has 1 fully saturated rings. The number of aliphatic hydroxyl groups is 1. The number of aliphatic hydroxyl groups excluding tert-OH is 1. The van der Waals surface area contributed by atoms with E-state index in [2.05, 4.69) is 20.9 Å². The van der Waals surface area contributed by atoms with Gasteiger partial charge in [0.1, 0.15) is 12.0 Å². The third kappa shape index (κ3) is 2.45. The highest BCUT2D eigenvalue weighted by atomic mass is 16.5. The molecule has 0 radical (unpaired) electrons. The predicted molar refractivity (Wildman–Crippen MR) is 130 cm³/mol. The minimum Gasteiger partial charge on any atom is -0.508 e. The second kappa shape index (κ2) is 6.73. The summed E-state index contributed by atoms with van der Waals surface area (Å²) in [6.07, 6.45) is -1.24. The molecule has 0 saturated carbocycles. The number of phenolic OH excluding ortho intramolecular Hbond substituents is 1. The van der Waals surface area contributed by atoms with E-state index in [1.807, 2.05) is 31.2 Å². The third-order valence-corrected chi connectivity index (χ3v) is 7.49. The summed E-state index contributed by atoms with van der Waals surface area (Å²) in [6, 6.07) is 12.8. The summed E-state index contributed by atoms with van der Waals surface area (Å²) in [4.78, 5) is 16.8. The van der Waals surface area contributed by atoms with E-state index >= 15 is 0 Å². The molecule has 8 heteroatoms. The predicted octanol–water partition coefficient (Wildman–Crippen LogP) is 3.37. The lowest BCUT2D eigenvalue weighted by Gasteiger charge is -2.37. The van der Waals surface area contributed by atoms with Crippen molar-refractivity contribution in [3.05, 3.63) is 53.6 Å². The molecule has 4 heterocycles. The molecule has 0 bridgehead atoms. The lowest BCUT2D eigenvalue weighted by atomic mass is 9.97. The highest BCUT2D eigenvalue weighted by Gasteiger charge is 2.37. The number of carbonyl (C=O) groups excluding carboxylic acids is 1. The number of ether oxygens (including phenoxy) is 1. The van der Waals surface area contributed by atoms with Crippen LogP contribution in [-0.2, 0) is 11.3 Å². The van der Waals surface area contributed by atoms with Gasteiger partial charge in [-0.3, -0.25) is 4.79 Å². The van der Waals surface area contributed by atoms with E-state index in [1.165, 1.54) is 0 Å². The molecule has 7 rings (SSSR count). The smallest absolute Gasteiger partial charge is 0.252 e. The number of nitrogens with two attached hydrogens (primary N) is 1. The number of aromatic amines is 1. The van der Waals surface area contributed by atoms with Crippen LogP contribution in [0.2, 0.25) is 0 Å². The van der Waals surface area contributed by atoms with Crippen molar-refractivity contribution < 1.29 is 19.7 Å². The highest BCUT2D eigenvalue weighted by Crippen LogP contribution is 2.46. The molecule has 6 N–H and O–H groups in total. The van der Waals surface area contributed by atoms with Gasteiger partial charge in [0, 0.05) is 46.1 Å². The van der Waals surface area contributed by atoms with E-state index < -0.39 is 24.5 Å². The average molecular weight is 457 g/mol. The second-order valence-corrected chi connectivity index (χ2v) is 9.44. The van der Waals surface area contributed by atoms with Crippen LogP contribution in [0.25, 0.3) is 43.6 Å². The molecule has 2 aromatic heterocycles. The van der Waals surface area contributed by atoms with Gasteiger partial charge in [-0.15, -0.1) is 0 Å². The molecular formula is C26H24N4O4. The molecule has 3 aromatic carbocycles. The van der Waals surface area contributed by atoms with E-state index in [0.29, 0.717) is 18.5 Å². The maximum absolute atomic E-state index is 13.2. The Labute approximate surface area is 193 Å². The van der Waals surface area contributed by atoms with Gasteiger partial charge in [0.15, 0.2) is 0 Å². The molecule has 0 spiro atoms.